The predicted molar refractivity (Wildman–Crippen MR) is 73.3 cm³/mol. The number of carbonyl (C=O) groups excluding carboxylic acids is 2. The number of nitrogens with zero attached hydrogens (tertiary/aromatic N) is 2. The van der Waals surface area contributed by atoms with Crippen molar-refractivity contribution in [2.45, 2.75) is 13.3 Å². The van der Waals surface area contributed by atoms with Gasteiger partial charge in [-0.3, -0.25) is 19.3 Å². The van der Waals surface area contributed by atoms with Crippen LogP contribution in [0.15, 0.2) is 15.4 Å². The molecular weight excluding hydrogens is 280 g/mol. The number of rotatable bonds is 8. The lowest BCUT2D eigenvalue weighted by Crippen LogP contribution is -2.38. The average Bonchev–Trinajstić information content (AvgIpc) is 2.80. The summed E-state index contributed by atoms with van der Waals surface area (Å²) >= 11 is 0. The Hall–Kier alpha value is -1.93. The minimum Gasteiger partial charge on any atom is -0.469 e. The molecular formula is C13H20N2O6. The molecule has 0 saturated heterocycles. The van der Waals surface area contributed by atoms with Crippen LogP contribution in [0.25, 0.3) is 0 Å². The van der Waals surface area contributed by atoms with E-state index in [1.807, 2.05) is 0 Å². The molecule has 0 fully saturated rings. The molecule has 8 heteroatoms. The molecule has 21 heavy (non-hydrogen) atoms. The second-order valence-electron chi connectivity index (χ2n) is 4.47. The largest absolute Gasteiger partial charge is 0.469 e. The van der Waals surface area contributed by atoms with Gasteiger partial charge in [-0.15, -0.1) is 4.74 Å². The molecule has 0 aromatic carbocycles. The smallest absolute Gasteiger partial charge is 0.306 e. The zero-order valence-corrected chi connectivity index (χ0v) is 12.5. The van der Waals surface area contributed by atoms with Gasteiger partial charge in [0.1, 0.15) is 5.76 Å². The Balaban J connectivity index is 2.66. The lowest BCUT2D eigenvalue weighted by molar-refractivity contribution is -0.141. The van der Waals surface area contributed by atoms with Crippen LogP contribution in [0.2, 0.25) is 0 Å². The maximum absolute atomic E-state index is 12.0. The van der Waals surface area contributed by atoms with Crippen LogP contribution < -0.4 is 5.56 Å². The van der Waals surface area contributed by atoms with Gasteiger partial charge in [-0.05, 0) is 6.92 Å². The molecule has 0 N–H and O–H groups in total. The molecule has 0 spiro atoms. The Morgan fingerprint density at radius 2 is 2.05 bits per heavy atom. The first-order valence-corrected chi connectivity index (χ1v) is 6.49. The van der Waals surface area contributed by atoms with E-state index in [1.165, 1.54) is 13.2 Å². The Bertz CT molecular complexity index is 533. The van der Waals surface area contributed by atoms with E-state index in [1.54, 1.807) is 18.9 Å². The summed E-state index contributed by atoms with van der Waals surface area (Å²) in [6.07, 6.45) is 0.152. The van der Waals surface area contributed by atoms with Crippen LogP contribution in [0.1, 0.15) is 17.0 Å². The fourth-order valence-corrected chi connectivity index (χ4v) is 1.72. The van der Waals surface area contributed by atoms with E-state index in [-0.39, 0.29) is 18.9 Å². The molecule has 0 bridgehead atoms. The number of aromatic nitrogens is 1. The lowest BCUT2D eigenvalue weighted by Gasteiger charge is -2.19. The van der Waals surface area contributed by atoms with Crippen LogP contribution in [0, 0.1) is 6.92 Å². The summed E-state index contributed by atoms with van der Waals surface area (Å²) in [5.41, 5.74) is -0.503. The summed E-state index contributed by atoms with van der Waals surface area (Å²) < 4.78 is 15.3. The molecule has 1 heterocycles. The Morgan fingerprint density at radius 3 is 2.57 bits per heavy atom. The van der Waals surface area contributed by atoms with Crippen LogP contribution in [-0.4, -0.2) is 62.0 Å². The van der Waals surface area contributed by atoms with E-state index in [2.05, 4.69) is 4.74 Å². The average molecular weight is 300 g/mol. The van der Waals surface area contributed by atoms with Crippen LogP contribution >= 0.6 is 0 Å². The topological polar surface area (TPSA) is 91.0 Å². The summed E-state index contributed by atoms with van der Waals surface area (Å²) in [6, 6.07) is 1.24. The van der Waals surface area contributed by atoms with Crippen molar-refractivity contribution in [3.8, 4) is 0 Å². The van der Waals surface area contributed by atoms with Gasteiger partial charge < -0.3 is 14.0 Å². The third kappa shape index (κ3) is 5.52. The summed E-state index contributed by atoms with van der Waals surface area (Å²) in [7, 11) is 2.85. The van der Waals surface area contributed by atoms with Gasteiger partial charge in [-0.2, -0.15) is 0 Å². The van der Waals surface area contributed by atoms with E-state index in [9.17, 15) is 14.4 Å². The van der Waals surface area contributed by atoms with Crippen molar-refractivity contribution < 1.29 is 23.6 Å². The van der Waals surface area contributed by atoms with Crippen molar-refractivity contribution in [1.29, 1.82) is 0 Å². The molecule has 1 aromatic heterocycles. The van der Waals surface area contributed by atoms with Gasteiger partial charge in [0.15, 0.2) is 0 Å². The first kappa shape index (κ1) is 17.1. The first-order valence-electron chi connectivity index (χ1n) is 6.49. The van der Waals surface area contributed by atoms with Crippen molar-refractivity contribution >= 4 is 11.9 Å². The van der Waals surface area contributed by atoms with Crippen molar-refractivity contribution in [1.82, 2.24) is 9.64 Å². The van der Waals surface area contributed by atoms with E-state index in [4.69, 9.17) is 9.26 Å². The first-order chi connectivity index (χ1) is 9.97. The van der Waals surface area contributed by atoms with Gasteiger partial charge in [-0.1, -0.05) is 0 Å². The monoisotopic (exact) mass is 300 g/mol. The summed E-state index contributed by atoms with van der Waals surface area (Å²) in [5, 5.41) is 0. The highest BCUT2D eigenvalue weighted by Gasteiger charge is 2.17. The Labute approximate surface area is 122 Å². The molecule has 118 valence electrons. The maximum Gasteiger partial charge on any atom is 0.306 e. The highest BCUT2D eigenvalue weighted by molar-refractivity contribution is 5.79. The van der Waals surface area contributed by atoms with Crippen LogP contribution in [-0.2, 0) is 14.3 Å². The second kappa shape index (κ2) is 8.38. The normalized spacial score (nSPS) is 10.9. The molecule has 8 nitrogen and oxygen atoms in total. The van der Waals surface area contributed by atoms with Gasteiger partial charge >= 0.3 is 5.97 Å². The summed E-state index contributed by atoms with van der Waals surface area (Å²) in [5.74, 6) is -0.490. The molecule has 1 aromatic rings. The van der Waals surface area contributed by atoms with Crippen LogP contribution in [0.4, 0.5) is 0 Å². The molecule has 0 saturated carbocycles. The van der Waals surface area contributed by atoms with E-state index < -0.39 is 11.5 Å². The summed E-state index contributed by atoms with van der Waals surface area (Å²) in [4.78, 5) is 36.4. The number of aryl methyl sites for hydroxylation is 1. The quantitative estimate of drug-likeness (QED) is 0.619. The Kier molecular flexibility index (Phi) is 6.83. The molecule has 0 aliphatic carbocycles. The third-order valence-electron chi connectivity index (χ3n) is 2.82. The van der Waals surface area contributed by atoms with Gasteiger partial charge in [0.2, 0.25) is 0 Å². The second-order valence-corrected chi connectivity index (χ2v) is 4.47. The maximum atomic E-state index is 12.0. The molecule has 0 unspecified atom stereocenters. The van der Waals surface area contributed by atoms with E-state index >= 15 is 0 Å². The number of hydrogen-bond acceptors (Lipinski definition) is 7. The van der Waals surface area contributed by atoms with Crippen molar-refractivity contribution in [2.24, 2.45) is 0 Å². The van der Waals surface area contributed by atoms with Gasteiger partial charge in [-0.25, -0.2) is 0 Å². The molecule has 0 radical (unpaired) electrons. The lowest BCUT2D eigenvalue weighted by atomic mass is 10.3. The van der Waals surface area contributed by atoms with E-state index in [0.717, 1.165) is 0 Å². The van der Waals surface area contributed by atoms with Gasteiger partial charge in [0.05, 0.1) is 26.7 Å². The number of hydrogen-bond donors (Lipinski definition) is 0. The van der Waals surface area contributed by atoms with Crippen LogP contribution in [0.5, 0.6) is 0 Å². The Morgan fingerprint density at radius 1 is 1.33 bits per heavy atom. The van der Waals surface area contributed by atoms with E-state index in [0.29, 0.717) is 30.2 Å². The van der Waals surface area contributed by atoms with Crippen molar-refractivity contribution in [2.75, 3.05) is 40.5 Å². The number of esters is 1. The summed E-state index contributed by atoms with van der Waals surface area (Å²) in [6.45, 7) is 2.72. The third-order valence-corrected chi connectivity index (χ3v) is 2.82. The fraction of sp³-hybridized carbons (Fsp3) is 0.615. The molecule has 0 amide bonds. The molecule has 0 aliphatic heterocycles. The van der Waals surface area contributed by atoms with Crippen LogP contribution in [0.3, 0.4) is 0 Å². The minimum absolute atomic E-state index is 0.0484. The number of carbonyl (C=O) groups is 2. The highest BCUT2D eigenvalue weighted by Crippen LogP contribution is 1.98. The van der Waals surface area contributed by atoms with Crippen molar-refractivity contribution in [3.63, 3.8) is 0 Å². The zero-order chi connectivity index (χ0) is 15.8. The molecule has 0 aliphatic rings. The SMILES string of the molecule is COCCN(CCC(=O)OC)CC(=O)n1oc(C)cc1=O. The predicted octanol–water partition coefficient (Wildman–Crippen LogP) is -0.0986. The van der Waals surface area contributed by atoms with Gasteiger partial charge in [0.25, 0.3) is 11.5 Å². The fourth-order valence-electron chi connectivity index (χ4n) is 1.72. The minimum atomic E-state index is -0.503. The highest BCUT2D eigenvalue weighted by atomic mass is 16.5. The number of methoxy groups -OCH3 is 2. The van der Waals surface area contributed by atoms with Crippen molar-refractivity contribution in [3.05, 3.63) is 22.2 Å². The standard InChI is InChI=1S/C13H20N2O6/c1-10-8-11(16)15(21-10)12(17)9-14(6-7-19-2)5-4-13(18)20-3/h8H,4-7,9H2,1-3H3. The number of ether oxygens (including phenoxy) is 2. The molecule has 0 atom stereocenters. The zero-order valence-electron chi connectivity index (χ0n) is 12.5. The van der Waals surface area contributed by atoms with Gasteiger partial charge in [0, 0.05) is 26.3 Å². The molecule has 1 rings (SSSR count).